The first kappa shape index (κ1) is 23.1. The number of carbonyl (C=O) groups excluding carboxylic acids is 2. The number of carboxylic acid groups (broad SMARTS) is 1. The van der Waals surface area contributed by atoms with E-state index < -0.39 is 6.09 Å². The summed E-state index contributed by atoms with van der Waals surface area (Å²) in [5.41, 5.74) is 3.10. The number of benzene rings is 1. The molecule has 0 radical (unpaired) electrons. The van der Waals surface area contributed by atoms with E-state index in [4.69, 9.17) is 21.4 Å². The number of halogens is 1. The maximum Gasteiger partial charge on any atom is 0.404 e. The molecule has 3 heterocycles. The Morgan fingerprint density at radius 1 is 1.23 bits per heavy atom. The monoisotopic (exact) mass is 497 g/mol. The number of nitrogens with one attached hydrogen (secondary N) is 1. The van der Waals surface area contributed by atoms with Crippen LogP contribution in [-0.2, 0) is 16.1 Å². The van der Waals surface area contributed by atoms with Crippen molar-refractivity contribution in [3.8, 4) is 17.0 Å². The number of carbonyl (C=O) groups is 3. The molecule has 1 saturated heterocycles. The Balaban J connectivity index is 1.46. The fourth-order valence-corrected chi connectivity index (χ4v) is 5.30. The molecular formula is C24H24ClN5O5. The van der Waals surface area contributed by atoms with Crippen molar-refractivity contribution in [2.75, 3.05) is 13.2 Å². The zero-order valence-corrected chi connectivity index (χ0v) is 20.2. The van der Waals surface area contributed by atoms with E-state index in [1.54, 1.807) is 22.8 Å². The van der Waals surface area contributed by atoms with Crippen molar-refractivity contribution in [3.05, 3.63) is 46.9 Å². The second-order valence-electron chi connectivity index (χ2n) is 9.51. The van der Waals surface area contributed by atoms with Crippen LogP contribution in [0.25, 0.3) is 16.8 Å². The number of hydrogen-bond acceptors (Lipinski definition) is 6. The number of ether oxygens (including phenoxy) is 1. The van der Waals surface area contributed by atoms with Crippen molar-refractivity contribution in [2.24, 2.45) is 17.3 Å². The van der Waals surface area contributed by atoms with Crippen molar-refractivity contribution in [1.29, 1.82) is 0 Å². The molecule has 11 heteroatoms. The van der Waals surface area contributed by atoms with Crippen LogP contribution in [-0.4, -0.2) is 55.7 Å². The molecule has 1 aromatic carbocycles. The molecule has 35 heavy (non-hydrogen) atoms. The van der Waals surface area contributed by atoms with Gasteiger partial charge in [-0.1, -0.05) is 25.4 Å². The number of aromatic nitrogens is 3. The third-order valence-electron chi connectivity index (χ3n) is 6.81. The van der Waals surface area contributed by atoms with Crippen molar-refractivity contribution in [1.82, 2.24) is 24.8 Å². The molecule has 3 aromatic rings. The van der Waals surface area contributed by atoms with Crippen LogP contribution in [0.5, 0.6) is 5.75 Å². The second-order valence-corrected chi connectivity index (χ2v) is 9.94. The van der Waals surface area contributed by atoms with Crippen molar-refractivity contribution in [3.63, 3.8) is 0 Å². The topological polar surface area (TPSA) is 126 Å². The fraction of sp³-hybridized carbons (Fsp3) is 0.375. The van der Waals surface area contributed by atoms with Crippen LogP contribution >= 0.6 is 11.6 Å². The molecule has 5 rings (SSSR count). The standard InChI is InChI=1S/C24H24ClN5O5/c1-12-6-14(25)8-15(20(12)35-5-4-26-23(33)34)19-16-7-13(10-30(16)28-11-27-19)9-29-21(31)17-18(22(29)32)24(17,2)3/h6-8,10-11,17-18,26H,4-5,9H2,1-3H3,(H,33,34). The number of piperidine rings is 1. The van der Waals surface area contributed by atoms with Crippen LogP contribution < -0.4 is 10.1 Å². The van der Waals surface area contributed by atoms with Crippen molar-refractivity contribution >= 4 is 35.0 Å². The van der Waals surface area contributed by atoms with E-state index in [0.29, 0.717) is 27.5 Å². The highest BCUT2D eigenvalue weighted by Crippen LogP contribution is 2.63. The van der Waals surface area contributed by atoms with Gasteiger partial charge in [-0.3, -0.25) is 14.5 Å². The molecule has 0 bridgehead atoms. The molecule has 2 atom stereocenters. The highest BCUT2D eigenvalue weighted by Gasteiger charge is 2.72. The quantitative estimate of drug-likeness (QED) is 0.379. The number of amides is 3. The third-order valence-corrected chi connectivity index (χ3v) is 7.03. The average Bonchev–Trinajstić information content (AvgIpc) is 3.03. The first-order valence-electron chi connectivity index (χ1n) is 11.2. The minimum atomic E-state index is -1.13. The SMILES string of the molecule is Cc1cc(Cl)cc(-c2ncnn3cc(CN4C(=O)C5C(C4=O)C5(C)C)cc23)c1OCCNC(=O)O. The smallest absolute Gasteiger partial charge is 0.404 e. The van der Waals surface area contributed by atoms with Crippen LogP contribution in [0, 0.1) is 24.2 Å². The fourth-order valence-electron chi connectivity index (χ4n) is 5.03. The minimum absolute atomic E-state index is 0.113. The molecule has 1 saturated carbocycles. The summed E-state index contributed by atoms with van der Waals surface area (Å²) < 4.78 is 7.54. The summed E-state index contributed by atoms with van der Waals surface area (Å²) >= 11 is 6.34. The van der Waals surface area contributed by atoms with Gasteiger partial charge in [0, 0.05) is 16.8 Å². The molecule has 2 aliphatic rings. The minimum Gasteiger partial charge on any atom is -0.491 e. The summed E-state index contributed by atoms with van der Waals surface area (Å²) in [5.74, 6) is -0.179. The molecule has 2 N–H and O–H groups in total. The second kappa shape index (κ2) is 8.23. The van der Waals surface area contributed by atoms with Gasteiger partial charge in [0.25, 0.3) is 0 Å². The lowest BCUT2D eigenvalue weighted by molar-refractivity contribution is -0.143. The Labute approximate surface area is 205 Å². The van der Waals surface area contributed by atoms with Gasteiger partial charge < -0.3 is 15.2 Å². The molecule has 2 aromatic heterocycles. The van der Waals surface area contributed by atoms with E-state index in [1.165, 1.54) is 11.2 Å². The van der Waals surface area contributed by atoms with Gasteiger partial charge in [-0.2, -0.15) is 5.10 Å². The molecule has 2 fully saturated rings. The number of nitrogens with zero attached hydrogens (tertiary/aromatic N) is 4. The van der Waals surface area contributed by atoms with Crippen LogP contribution in [0.2, 0.25) is 5.02 Å². The number of likely N-dealkylation sites (tertiary alicyclic amines) is 1. The average molecular weight is 498 g/mol. The van der Waals surface area contributed by atoms with Gasteiger partial charge in [-0.05, 0) is 41.7 Å². The summed E-state index contributed by atoms with van der Waals surface area (Å²) in [6.07, 6.45) is 2.04. The Hall–Kier alpha value is -3.66. The largest absolute Gasteiger partial charge is 0.491 e. The summed E-state index contributed by atoms with van der Waals surface area (Å²) in [5, 5.41) is 15.8. The predicted octanol–water partition coefficient (Wildman–Crippen LogP) is 3.15. The molecule has 2 unspecified atom stereocenters. The van der Waals surface area contributed by atoms with Crippen LogP contribution in [0.4, 0.5) is 4.79 Å². The molecule has 3 amide bonds. The van der Waals surface area contributed by atoms with Gasteiger partial charge in [-0.25, -0.2) is 14.3 Å². The van der Waals surface area contributed by atoms with Crippen molar-refractivity contribution in [2.45, 2.75) is 27.3 Å². The predicted molar refractivity (Wildman–Crippen MR) is 126 cm³/mol. The van der Waals surface area contributed by atoms with Gasteiger partial charge in [0.05, 0.1) is 30.4 Å². The van der Waals surface area contributed by atoms with Crippen LogP contribution in [0.1, 0.15) is 25.0 Å². The lowest BCUT2D eigenvalue weighted by Gasteiger charge is -2.19. The summed E-state index contributed by atoms with van der Waals surface area (Å²) in [7, 11) is 0. The number of aryl methyl sites for hydroxylation is 1. The summed E-state index contributed by atoms with van der Waals surface area (Å²) in [4.78, 5) is 42.0. The Morgan fingerprint density at radius 2 is 1.94 bits per heavy atom. The number of rotatable bonds is 7. The number of imide groups is 1. The van der Waals surface area contributed by atoms with Crippen LogP contribution in [0.3, 0.4) is 0 Å². The third kappa shape index (κ3) is 3.87. The highest BCUT2D eigenvalue weighted by molar-refractivity contribution is 6.31. The molecular weight excluding hydrogens is 474 g/mol. The van der Waals surface area contributed by atoms with E-state index in [1.807, 2.05) is 26.8 Å². The highest BCUT2D eigenvalue weighted by atomic mass is 35.5. The van der Waals surface area contributed by atoms with Crippen molar-refractivity contribution < 1.29 is 24.2 Å². The van der Waals surface area contributed by atoms with Gasteiger partial charge in [0.2, 0.25) is 11.8 Å². The maximum absolute atomic E-state index is 12.8. The first-order chi connectivity index (χ1) is 16.6. The molecule has 1 aliphatic carbocycles. The van der Waals surface area contributed by atoms with Gasteiger partial charge in [0.15, 0.2) is 0 Å². The maximum atomic E-state index is 12.8. The van der Waals surface area contributed by atoms with Gasteiger partial charge >= 0.3 is 6.09 Å². The van der Waals surface area contributed by atoms with Gasteiger partial charge in [0.1, 0.15) is 24.4 Å². The Kier molecular flexibility index (Phi) is 5.43. The first-order valence-corrected chi connectivity index (χ1v) is 11.5. The molecule has 0 spiro atoms. The van der Waals surface area contributed by atoms with E-state index in [2.05, 4.69) is 15.4 Å². The molecule has 1 aliphatic heterocycles. The van der Waals surface area contributed by atoms with E-state index in [-0.39, 0.29) is 48.8 Å². The number of fused-ring (bicyclic) bond motifs is 2. The summed E-state index contributed by atoms with van der Waals surface area (Å²) in [6.45, 7) is 6.15. The Morgan fingerprint density at radius 3 is 2.63 bits per heavy atom. The van der Waals surface area contributed by atoms with E-state index >= 15 is 0 Å². The molecule has 10 nitrogen and oxygen atoms in total. The Bertz CT molecular complexity index is 1360. The van der Waals surface area contributed by atoms with E-state index in [9.17, 15) is 14.4 Å². The van der Waals surface area contributed by atoms with E-state index in [0.717, 1.165) is 11.1 Å². The lowest BCUT2D eigenvalue weighted by Crippen LogP contribution is -2.35. The van der Waals surface area contributed by atoms with Crippen LogP contribution in [0.15, 0.2) is 30.7 Å². The number of hydrogen-bond donors (Lipinski definition) is 2. The van der Waals surface area contributed by atoms with Gasteiger partial charge in [-0.15, -0.1) is 0 Å². The molecule has 182 valence electrons. The zero-order chi connectivity index (χ0) is 25.1. The summed E-state index contributed by atoms with van der Waals surface area (Å²) in [6, 6.07) is 5.33. The lowest BCUT2D eigenvalue weighted by atomic mass is 10.0. The zero-order valence-electron chi connectivity index (χ0n) is 19.4. The normalized spacial score (nSPS) is 20.3.